The number of alkyl halides is 1. The second-order valence-electron chi connectivity index (χ2n) is 5.16. The van der Waals surface area contributed by atoms with Crippen LogP contribution in [0.5, 0.6) is 0 Å². The highest BCUT2D eigenvalue weighted by Gasteiger charge is 2.13. The minimum absolute atomic E-state index is 0.240. The van der Waals surface area contributed by atoms with Crippen molar-refractivity contribution in [1.82, 2.24) is 0 Å². The van der Waals surface area contributed by atoms with E-state index in [1.165, 1.54) is 11.1 Å². The van der Waals surface area contributed by atoms with Gasteiger partial charge >= 0.3 is 0 Å². The zero-order valence-corrected chi connectivity index (χ0v) is 12.2. The van der Waals surface area contributed by atoms with Gasteiger partial charge in [-0.05, 0) is 29.2 Å². The molecule has 1 rings (SSSR count). The maximum absolute atomic E-state index is 5.90. The second-order valence-corrected chi connectivity index (χ2v) is 6.61. The summed E-state index contributed by atoms with van der Waals surface area (Å²) >= 11 is 7.74. The molecule has 0 saturated carbocycles. The minimum atomic E-state index is 0.240. The van der Waals surface area contributed by atoms with Crippen molar-refractivity contribution in [1.29, 1.82) is 0 Å². The van der Waals surface area contributed by atoms with Gasteiger partial charge in [-0.1, -0.05) is 45.0 Å². The third kappa shape index (κ3) is 4.03. The van der Waals surface area contributed by atoms with Crippen molar-refractivity contribution in [2.24, 2.45) is 0 Å². The smallest absolute Gasteiger partial charge is 0.0345 e. The molecular weight excluding hydrogens is 236 g/mol. The van der Waals surface area contributed by atoms with Crippen molar-refractivity contribution in [3.63, 3.8) is 0 Å². The van der Waals surface area contributed by atoms with Crippen LogP contribution in [-0.2, 0) is 11.8 Å². The van der Waals surface area contributed by atoms with Crippen LogP contribution in [0.25, 0.3) is 0 Å². The van der Waals surface area contributed by atoms with Gasteiger partial charge in [0.25, 0.3) is 0 Å². The van der Waals surface area contributed by atoms with Crippen molar-refractivity contribution in [3.05, 3.63) is 35.4 Å². The Kier molecular flexibility index (Phi) is 5.20. The van der Waals surface area contributed by atoms with Crippen LogP contribution in [0.3, 0.4) is 0 Å². The van der Waals surface area contributed by atoms with E-state index in [0.29, 0.717) is 5.25 Å². The van der Waals surface area contributed by atoms with Gasteiger partial charge in [-0.25, -0.2) is 0 Å². The first kappa shape index (κ1) is 13.9. The Labute approximate surface area is 109 Å². The summed E-state index contributed by atoms with van der Waals surface area (Å²) in [5.74, 6) is 0.724. The zero-order valence-electron chi connectivity index (χ0n) is 10.6. The number of thioether (sulfide) groups is 1. The monoisotopic (exact) mass is 256 g/mol. The molecule has 0 aromatic heterocycles. The largest absolute Gasteiger partial charge is 0.160 e. The number of rotatable bonds is 4. The van der Waals surface area contributed by atoms with E-state index in [2.05, 4.69) is 51.3 Å². The van der Waals surface area contributed by atoms with E-state index < -0.39 is 0 Å². The Morgan fingerprint density at radius 1 is 1.19 bits per heavy atom. The Hall–Kier alpha value is -0.140. The maximum Gasteiger partial charge on any atom is 0.0345 e. The normalized spacial score (nSPS) is 13.8. The molecule has 90 valence electrons. The van der Waals surface area contributed by atoms with Crippen LogP contribution in [-0.4, -0.2) is 17.4 Å². The van der Waals surface area contributed by atoms with Gasteiger partial charge in [0, 0.05) is 11.1 Å². The maximum atomic E-state index is 5.90. The summed E-state index contributed by atoms with van der Waals surface area (Å²) in [6, 6.07) is 8.94. The van der Waals surface area contributed by atoms with Crippen LogP contribution >= 0.6 is 23.4 Å². The molecule has 1 unspecified atom stereocenters. The van der Waals surface area contributed by atoms with Crippen LogP contribution in [0.4, 0.5) is 0 Å². The van der Waals surface area contributed by atoms with E-state index in [1.54, 1.807) is 0 Å². The van der Waals surface area contributed by atoms with Crippen molar-refractivity contribution >= 4 is 23.4 Å². The molecule has 0 fully saturated rings. The molecule has 0 radical (unpaired) electrons. The summed E-state index contributed by atoms with van der Waals surface area (Å²) in [5.41, 5.74) is 3.01. The first-order valence-electron chi connectivity index (χ1n) is 5.65. The second kappa shape index (κ2) is 5.97. The summed E-state index contributed by atoms with van der Waals surface area (Å²) in [5, 5.41) is 0.530. The SMILES string of the molecule is CSC(CCl)Cc1ccc(C(C)(C)C)cc1. The highest BCUT2D eigenvalue weighted by Crippen LogP contribution is 2.23. The van der Waals surface area contributed by atoms with Gasteiger partial charge in [-0.2, -0.15) is 11.8 Å². The summed E-state index contributed by atoms with van der Waals surface area (Å²) in [7, 11) is 0. The Bertz CT molecular complexity index is 307. The highest BCUT2D eigenvalue weighted by atomic mass is 35.5. The fraction of sp³-hybridized carbons (Fsp3) is 0.571. The molecule has 0 amide bonds. The van der Waals surface area contributed by atoms with E-state index >= 15 is 0 Å². The van der Waals surface area contributed by atoms with E-state index in [9.17, 15) is 0 Å². The third-order valence-electron chi connectivity index (χ3n) is 2.79. The number of benzene rings is 1. The molecular formula is C14H21ClS. The van der Waals surface area contributed by atoms with Crippen LogP contribution in [0.15, 0.2) is 24.3 Å². The van der Waals surface area contributed by atoms with E-state index in [0.717, 1.165) is 12.3 Å². The lowest BCUT2D eigenvalue weighted by molar-refractivity contribution is 0.590. The first-order chi connectivity index (χ1) is 7.47. The number of hydrogen-bond acceptors (Lipinski definition) is 1. The molecule has 0 bridgehead atoms. The predicted molar refractivity (Wildman–Crippen MR) is 76.9 cm³/mol. The standard InChI is InChI=1S/C14H21ClS/c1-14(2,3)12-7-5-11(6-8-12)9-13(10-15)16-4/h5-8,13H,9-10H2,1-4H3. The fourth-order valence-corrected chi connectivity index (χ4v) is 2.58. The third-order valence-corrected chi connectivity index (χ3v) is 4.34. The zero-order chi connectivity index (χ0) is 12.2. The molecule has 1 aromatic carbocycles. The van der Waals surface area contributed by atoms with Gasteiger partial charge < -0.3 is 0 Å². The lowest BCUT2D eigenvalue weighted by atomic mass is 9.86. The van der Waals surface area contributed by atoms with E-state index in [1.807, 2.05) is 11.8 Å². The molecule has 1 atom stereocenters. The quantitative estimate of drug-likeness (QED) is 0.715. The average molecular weight is 257 g/mol. The molecule has 0 heterocycles. The lowest BCUT2D eigenvalue weighted by Crippen LogP contribution is -2.12. The molecule has 16 heavy (non-hydrogen) atoms. The molecule has 0 spiro atoms. The van der Waals surface area contributed by atoms with Crippen molar-refractivity contribution in [3.8, 4) is 0 Å². The van der Waals surface area contributed by atoms with Gasteiger partial charge in [0.05, 0.1) is 0 Å². The molecule has 0 aliphatic carbocycles. The van der Waals surface area contributed by atoms with Crippen LogP contribution < -0.4 is 0 Å². The average Bonchev–Trinajstić information content (AvgIpc) is 2.25. The van der Waals surface area contributed by atoms with E-state index in [4.69, 9.17) is 11.6 Å². The topological polar surface area (TPSA) is 0 Å². The predicted octanol–water partition coefficient (Wildman–Crippen LogP) is 4.50. The van der Waals surface area contributed by atoms with Gasteiger partial charge in [-0.3, -0.25) is 0 Å². The Morgan fingerprint density at radius 3 is 2.12 bits per heavy atom. The molecule has 0 saturated heterocycles. The molecule has 0 aliphatic rings. The number of hydrogen-bond donors (Lipinski definition) is 0. The summed E-state index contributed by atoms with van der Waals surface area (Å²) in [4.78, 5) is 0. The molecule has 0 nitrogen and oxygen atoms in total. The van der Waals surface area contributed by atoms with Gasteiger partial charge in [-0.15, -0.1) is 11.6 Å². The molecule has 2 heteroatoms. The highest BCUT2D eigenvalue weighted by molar-refractivity contribution is 7.99. The van der Waals surface area contributed by atoms with Crippen molar-refractivity contribution in [2.75, 3.05) is 12.1 Å². The van der Waals surface area contributed by atoms with Crippen LogP contribution in [0.1, 0.15) is 31.9 Å². The molecule has 1 aromatic rings. The molecule has 0 aliphatic heterocycles. The summed E-state index contributed by atoms with van der Waals surface area (Å²) in [6.45, 7) is 6.72. The minimum Gasteiger partial charge on any atom is -0.160 e. The Morgan fingerprint density at radius 2 is 1.75 bits per heavy atom. The van der Waals surface area contributed by atoms with E-state index in [-0.39, 0.29) is 5.41 Å². The Balaban J connectivity index is 2.72. The van der Waals surface area contributed by atoms with Crippen LogP contribution in [0, 0.1) is 0 Å². The number of halogens is 1. The van der Waals surface area contributed by atoms with Crippen LogP contribution in [0.2, 0.25) is 0 Å². The summed E-state index contributed by atoms with van der Waals surface area (Å²) < 4.78 is 0. The molecule has 0 N–H and O–H groups in total. The van der Waals surface area contributed by atoms with Crippen molar-refractivity contribution < 1.29 is 0 Å². The fourth-order valence-electron chi connectivity index (χ4n) is 1.60. The van der Waals surface area contributed by atoms with Gasteiger partial charge in [0.2, 0.25) is 0 Å². The summed E-state index contributed by atoms with van der Waals surface area (Å²) in [6.07, 6.45) is 3.19. The lowest BCUT2D eigenvalue weighted by Gasteiger charge is -2.19. The van der Waals surface area contributed by atoms with Crippen molar-refractivity contribution in [2.45, 2.75) is 37.9 Å². The van der Waals surface area contributed by atoms with Gasteiger partial charge in [0.1, 0.15) is 0 Å². The van der Waals surface area contributed by atoms with Gasteiger partial charge in [0.15, 0.2) is 0 Å². The first-order valence-corrected chi connectivity index (χ1v) is 7.48.